The van der Waals surface area contributed by atoms with Crippen molar-refractivity contribution in [2.24, 2.45) is 0 Å². The number of amides is 1. The van der Waals surface area contributed by atoms with Crippen molar-refractivity contribution in [2.45, 2.75) is 19.9 Å². The molecule has 0 atom stereocenters. The molecule has 1 aliphatic rings. The average molecular weight is 193 g/mol. The predicted molar refractivity (Wildman–Crippen MR) is 51.2 cm³/mol. The summed E-state index contributed by atoms with van der Waals surface area (Å²) in [7, 11) is 0. The van der Waals surface area contributed by atoms with Gasteiger partial charge in [0.1, 0.15) is 5.82 Å². The first kappa shape index (κ1) is 9.19. The van der Waals surface area contributed by atoms with Gasteiger partial charge in [-0.25, -0.2) is 4.39 Å². The van der Waals surface area contributed by atoms with Gasteiger partial charge < -0.3 is 4.90 Å². The first-order valence-corrected chi connectivity index (χ1v) is 4.69. The van der Waals surface area contributed by atoms with Gasteiger partial charge in [-0.2, -0.15) is 0 Å². The maximum atomic E-state index is 12.9. The number of hydrogen-bond donors (Lipinski definition) is 0. The van der Waals surface area contributed by atoms with Gasteiger partial charge >= 0.3 is 0 Å². The minimum atomic E-state index is -0.194. The first-order chi connectivity index (χ1) is 6.66. The number of hydrogen-bond acceptors (Lipinski definition) is 1. The molecule has 0 radical (unpaired) electrons. The van der Waals surface area contributed by atoms with Crippen LogP contribution in [0.1, 0.15) is 18.1 Å². The molecule has 74 valence electrons. The van der Waals surface area contributed by atoms with Gasteiger partial charge in [0.15, 0.2) is 0 Å². The normalized spacial score (nSPS) is 15.1. The zero-order valence-corrected chi connectivity index (χ0v) is 8.09. The first-order valence-electron chi connectivity index (χ1n) is 4.69. The molecular formula is C11H12FNO. The summed E-state index contributed by atoms with van der Waals surface area (Å²) in [4.78, 5) is 12.9. The average Bonchev–Trinajstić information content (AvgIpc) is 2.16. The lowest BCUT2D eigenvalue weighted by molar-refractivity contribution is -0.129. The van der Waals surface area contributed by atoms with Crippen LogP contribution < -0.4 is 0 Å². The molecule has 1 heterocycles. The molecule has 0 saturated carbocycles. The molecule has 1 aliphatic heterocycles. The maximum Gasteiger partial charge on any atom is 0.219 e. The minimum absolute atomic E-state index is 0.0833. The Hall–Kier alpha value is -1.38. The van der Waals surface area contributed by atoms with Gasteiger partial charge in [-0.15, -0.1) is 0 Å². The van der Waals surface area contributed by atoms with Gasteiger partial charge in [-0.3, -0.25) is 4.79 Å². The van der Waals surface area contributed by atoms with Crippen molar-refractivity contribution in [3.05, 3.63) is 35.1 Å². The summed E-state index contributed by atoms with van der Waals surface area (Å²) in [6.07, 6.45) is 0.757. The Kier molecular flexibility index (Phi) is 2.23. The number of rotatable bonds is 0. The lowest BCUT2D eigenvalue weighted by Crippen LogP contribution is -2.34. The second-order valence-electron chi connectivity index (χ2n) is 3.60. The Morgan fingerprint density at radius 2 is 2.21 bits per heavy atom. The third-order valence-electron chi connectivity index (χ3n) is 2.63. The fraction of sp³-hybridized carbons (Fsp3) is 0.364. The molecule has 0 unspecified atom stereocenters. The van der Waals surface area contributed by atoms with Crippen LogP contribution in [-0.4, -0.2) is 17.4 Å². The van der Waals surface area contributed by atoms with Gasteiger partial charge in [-0.05, 0) is 29.7 Å². The zero-order chi connectivity index (χ0) is 10.1. The molecule has 14 heavy (non-hydrogen) atoms. The molecule has 0 aromatic heterocycles. The largest absolute Gasteiger partial charge is 0.338 e. The molecule has 0 aliphatic carbocycles. The second kappa shape index (κ2) is 3.40. The van der Waals surface area contributed by atoms with E-state index in [1.807, 2.05) is 0 Å². The molecule has 3 heteroatoms. The van der Waals surface area contributed by atoms with Crippen molar-refractivity contribution in [1.29, 1.82) is 0 Å². The molecule has 2 rings (SSSR count). The van der Waals surface area contributed by atoms with E-state index in [1.54, 1.807) is 24.0 Å². The topological polar surface area (TPSA) is 20.3 Å². The number of carbonyl (C=O) groups excluding carboxylic acids is 1. The summed E-state index contributed by atoms with van der Waals surface area (Å²) in [6.45, 7) is 2.88. The molecule has 0 fully saturated rings. The summed E-state index contributed by atoms with van der Waals surface area (Å²) in [6, 6.07) is 4.77. The molecule has 1 aromatic rings. The third kappa shape index (κ3) is 1.62. The molecule has 2 nitrogen and oxygen atoms in total. The number of benzene rings is 1. The second-order valence-corrected chi connectivity index (χ2v) is 3.60. The molecule has 1 aromatic carbocycles. The molecule has 0 spiro atoms. The van der Waals surface area contributed by atoms with Gasteiger partial charge in [0.05, 0.1) is 0 Å². The monoisotopic (exact) mass is 193 g/mol. The zero-order valence-electron chi connectivity index (χ0n) is 8.09. The SMILES string of the molecule is CC(=O)N1CCc2cc(F)ccc2C1. The van der Waals surface area contributed by atoms with Gasteiger partial charge in [0, 0.05) is 20.0 Å². The summed E-state index contributed by atoms with van der Waals surface area (Å²) in [5, 5.41) is 0. The van der Waals surface area contributed by atoms with Crippen LogP contribution in [-0.2, 0) is 17.8 Å². The molecule has 0 N–H and O–H groups in total. The number of nitrogens with zero attached hydrogens (tertiary/aromatic N) is 1. The fourth-order valence-electron chi connectivity index (χ4n) is 1.79. The third-order valence-corrected chi connectivity index (χ3v) is 2.63. The molecule has 1 amide bonds. The fourth-order valence-corrected chi connectivity index (χ4v) is 1.79. The van der Waals surface area contributed by atoms with E-state index in [2.05, 4.69) is 0 Å². The van der Waals surface area contributed by atoms with Crippen LogP contribution in [0.5, 0.6) is 0 Å². The smallest absolute Gasteiger partial charge is 0.219 e. The van der Waals surface area contributed by atoms with Crippen LogP contribution >= 0.6 is 0 Å². The van der Waals surface area contributed by atoms with E-state index in [0.717, 1.165) is 17.5 Å². The van der Waals surface area contributed by atoms with E-state index in [-0.39, 0.29) is 11.7 Å². The predicted octanol–water partition coefficient (Wildman–Crippen LogP) is 1.73. The highest BCUT2D eigenvalue weighted by Gasteiger charge is 2.17. The molecule has 0 bridgehead atoms. The maximum absolute atomic E-state index is 12.9. The quantitative estimate of drug-likeness (QED) is 0.614. The highest BCUT2D eigenvalue weighted by atomic mass is 19.1. The van der Waals surface area contributed by atoms with E-state index in [1.165, 1.54) is 6.07 Å². The van der Waals surface area contributed by atoms with Crippen LogP contribution in [0.4, 0.5) is 4.39 Å². The lowest BCUT2D eigenvalue weighted by atomic mass is 10.00. The Balaban J connectivity index is 2.27. The van der Waals surface area contributed by atoms with Crippen LogP contribution in [0, 0.1) is 5.82 Å². The van der Waals surface area contributed by atoms with E-state index < -0.39 is 0 Å². The summed E-state index contributed by atoms with van der Waals surface area (Å²) >= 11 is 0. The summed E-state index contributed by atoms with van der Waals surface area (Å²) < 4.78 is 12.9. The number of fused-ring (bicyclic) bond motifs is 1. The van der Waals surface area contributed by atoms with Crippen molar-refractivity contribution < 1.29 is 9.18 Å². The number of carbonyl (C=O) groups is 1. The van der Waals surface area contributed by atoms with Gasteiger partial charge in [0.2, 0.25) is 5.91 Å². The standard InChI is InChI=1S/C11H12FNO/c1-8(14)13-5-4-9-6-11(12)3-2-10(9)7-13/h2-3,6H,4-5,7H2,1H3. The van der Waals surface area contributed by atoms with Crippen LogP contribution in [0.3, 0.4) is 0 Å². The molecule has 0 saturated heterocycles. The summed E-state index contributed by atoms with van der Waals surface area (Å²) in [5.41, 5.74) is 2.09. The van der Waals surface area contributed by atoms with E-state index >= 15 is 0 Å². The Bertz CT molecular complexity index is 376. The van der Waals surface area contributed by atoms with Crippen molar-refractivity contribution in [1.82, 2.24) is 4.90 Å². The van der Waals surface area contributed by atoms with E-state index in [0.29, 0.717) is 13.1 Å². The van der Waals surface area contributed by atoms with Crippen molar-refractivity contribution >= 4 is 5.91 Å². The highest BCUT2D eigenvalue weighted by Crippen LogP contribution is 2.19. The van der Waals surface area contributed by atoms with Crippen molar-refractivity contribution in [3.8, 4) is 0 Å². The van der Waals surface area contributed by atoms with E-state index in [4.69, 9.17) is 0 Å². The van der Waals surface area contributed by atoms with E-state index in [9.17, 15) is 9.18 Å². The Labute approximate surface area is 82.3 Å². The molecular weight excluding hydrogens is 181 g/mol. The van der Waals surface area contributed by atoms with Crippen LogP contribution in [0.2, 0.25) is 0 Å². The van der Waals surface area contributed by atoms with Crippen LogP contribution in [0.15, 0.2) is 18.2 Å². The van der Waals surface area contributed by atoms with Gasteiger partial charge in [0.25, 0.3) is 0 Å². The van der Waals surface area contributed by atoms with Crippen LogP contribution in [0.25, 0.3) is 0 Å². The Morgan fingerprint density at radius 3 is 2.93 bits per heavy atom. The van der Waals surface area contributed by atoms with Crippen molar-refractivity contribution in [2.75, 3.05) is 6.54 Å². The van der Waals surface area contributed by atoms with Crippen molar-refractivity contribution in [3.63, 3.8) is 0 Å². The number of halogens is 1. The Morgan fingerprint density at radius 1 is 1.43 bits per heavy atom. The summed E-state index contributed by atoms with van der Waals surface area (Å²) in [5.74, 6) is -0.111. The minimum Gasteiger partial charge on any atom is -0.338 e. The van der Waals surface area contributed by atoms with Gasteiger partial charge in [-0.1, -0.05) is 6.07 Å². The highest BCUT2D eigenvalue weighted by molar-refractivity contribution is 5.73. The lowest BCUT2D eigenvalue weighted by Gasteiger charge is -2.27.